The molecule has 0 bridgehead atoms. The van der Waals surface area contributed by atoms with Crippen molar-refractivity contribution in [2.45, 2.75) is 52.2 Å². The van der Waals surface area contributed by atoms with Crippen LogP contribution in [0.2, 0.25) is 0 Å². The summed E-state index contributed by atoms with van der Waals surface area (Å²) in [5.41, 5.74) is 3.32. The number of nitrogens with zero attached hydrogens (tertiary/aromatic N) is 4. The second kappa shape index (κ2) is 10.2. The van der Waals surface area contributed by atoms with Gasteiger partial charge in [-0.25, -0.2) is 14.5 Å². The molecule has 2 aliphatic heterocycles. The molecule has 0 aliphatic carbocycles. The molecule has 0 unspecified atom stereocenters. The van der Waals surface area contributed by atoms with Gasteiger partial charge in [-0.3, -0.25) is 0 Å². The number of aryl methyl sites for hydroxylation is 1. The van der Waals surface area contributed by atoms with Gasteiger partial charge < -0.3 is 28.6 Å². The summed E-state index contributed by atoms with van der Waals surface area (Å²) < 4.78 is 30.4. The minimum atomic E-state index is -0.539. The highest BCUT2D eigenvalue weighted by Crippen LogP contribution is 2.29. The molecule has 186 valence electrons. The van der Waals surface area contributed by atoms with E-state index < -0.39 is 5.60 Å². The molecule has 4 rings (SSSR count). The van der Waals surface area contributed by atoms with Gasteiger partial charge in [0, 0.05) is 30.5 Å². The van der Waals surface area contributed by atoms with E-state index in [4.69, 9.17) is 28.8 Å². The summed E-state index contributed by atoms with van der Waals surface area (Å²) in [6.07, 6.45) is 2.58. The van der Waals surface area contributed by atoms with Gasteiger partial charge in [0.2, 0.25) is 11.8 Å². The number of hydrogen-bond acceptors (Lipinski definition) is 8. The zero-order chi connectivity index (χ0) is 24.3. The van der Waals surface area contributed by atoms with Crippen LogP contribution in [0, 0.1) is 6.92 Å². The molecule has 1 amide bonds. The maximum absolute atomic E-state index is 12.5. The van der Waals surface area contributed by atoms with E-state index in [1.807, 2.05) is 38.4 Å². The maximum atomic E-state index is 12.5. The first-order valence-corrected chi connectivity index (χ1v) is 11.7. The van der Waals surface area contributed by atoms with Crippen molar-refractivity contribution >= 4 is 6.09 Å². The molecule has 2 aromatic heterocycles. The Hall–Kier alpha value is -2.85. The number of methoxy groups -OCH3 is 1. The summed E-state index contributed by atoms with van der Waals surface area (Å²) >= 11 is 0. The topological polar surface area (TPSA) is 97.2 Å². The molecule has 10 nitrogen and oxygen atoms in total. The van der Waals surface area contributed by atoms with Gasteiger partial charge in [0.15, 0.2) is 0 Å². The Morgan fingerprint density at radius 1 is 1.21 bits per heavy atom. The van der Waals surface area contributed by atoms with Gasteiger partial charge in [-0.15, -0.1) is 5.10 Å². The van der Waals surface area contributed by atoms with E-state index in [-0.39, 0.29) is 18.8 Å². The van der Waals surface area contributed by atoms with Crippen molar-refractivity contribution in [2.75, 3.05) is 46.6 Å². The molecule has 0 N–H and O–H groups in total. The fraction of sp³-hybridized carbons (Fsp3) is 0.625. The lowest BCUT2D eigenvalue weighted by molar-refractivity contribution is -0.0562. The lowest BCUT2D eigenvalue weighted by atomic mass is 10.1. The number of fused-ring (bicyclic) bond motifs is 1. The highest BCUT2D eigenvalue weighted by molar-refractivity contribution is 5.68. The standard InChI is InChI=1S/C24H34N4O6/c1-16-12-17(13-25-21(16)30-5)28-20-7-10-31-9-6-19(20)22(26-28)33-15-18-14-27(8-11-32-18)23(29)34-24(2,3)4/h12-13,18H,6-11,14-15H2,1-5H3/t18-/m0/s1. The zero-order valence-corrected chi connectivity index (χ0v) is 20.6. The summed E-state index contributed by atoms with van der Waals surface area (Å²) in [6.45, 7) is 10.4. The Balaban J connectivity index is 1.50. The zero-order valence-electron chi connectivity index (χ0n) is 20.6. The summed E-state index contributed by atoms with van der Waals surface area (Å²) in [5, 5.41) is 4.78. The van der Waals surface area contributed by atoms with Crippen molar-refractivity contribution in [3.8, 4) is 17.4 Å². The fourth-order valence-electron chi connectivity index (χ4n) is 4.11. The maximum Gasteiger partial charge on any atom is 0.410 e. The first-order chi connectivity index (χ1) is 16.2. The van der Waals surface area contributed by atoms with Gasteiger partial charge in [-0.1, -0.05) is 0 Å². The van der Waals surface area contributed by atoms with Crippen LogP contribution in [0.1, 0.15) is 37.6 Å². The molecule has 4 heterocycles. The molecule has 10 heteroatoms. The van der Waals surface area contributed by atoms with Gasteiger partial charge in [0.25, 0.3) is 0 Å². The van der Waals surface area contributed by atoms with Crippen LogP contribution in [0.25, 0.3) is 5.69 Å². The van der Waals surface area contributed by atoms with Crippen LogP contribution in [0.4, 0.5) is 4.79 Å². The monoisotopic (exact) mass is 474 g/mol. The molecular formula is C24H34N4O6. The number of morpholine rings is 1. The number of hydrogen-bond donors (Lipinski definition) is 0. The Morgan fingerprint density at radius 3 is 2.74 bits per heavy atom. The number of amides is 1. The Kier molecular flexibility index (Phi) is 7.27. The smallest absolute Gasteiger partial charge is 0.410 e. The van der Waals surface area contributed by atoms with Crippen molar-refractivity contribution in [1.82, 2.24) is 19.7 Å². The van der Waals surface area contributed by atoms with Crippen molar-refractivity contribution < 1.29 is 28.5 Å². The second-order valence-electron chi connectivity index (χ2n) is 9.50. The summed E-state index contributed by atoms with van der Waals surface area (Å²) in [7, 11) is 1.61. The molecule has 34 heavy (non-hydrogen) atoms. The first-order valence-electron chi connectivity index (χ1n) is 11.7. The number of pyridine rings is 1. The molecule has 0 spiro atoms. The predicted octanol–water partition coefficient (Wildman–Crippen LogP) is 2.71. The number of rotatable bonds is 5. The van der Waals surface area contributed by atoms with Crippen LogP contribution in [-0.2, 0) is 27.1 Å². The molecule has 2 aromatic rings. The van der Waals surface area contributed by atoms with Gasteiger partial charge in [0.1, 0.15) is 18.3 Å². The molecule has 1 fully saturated rings. The van der Waals surface area contributed by atoms with Crippen LogP contribution in [-0.4, -0.2) is 84.1 Å². The summed E-state index contributed by atoms with van der Waals surface area (Å²) in [5.74, 6) is 1.15. The molecule has 0 aromatic carbocycles. The number of aromatic nitrogens is 3. The molecule has 2 aliphatic rings. The quantitative estimate of drug-likeness (QED) is 0.653. The molecule has 0 saturated carbocycles. The van der Waals surface area contributed by atoms with Crippen LogP contribution in [0.15, 0.2) is 12.3 Å². The Morgan fingerprint density at radius 2 is 2.00 bits per heavy atom. The van der Waals surface area contributed by atoms with Crippen molar-refractivity contribution in [2.24, 2.45) is 0 Å². The number of carbonyl (C=O) groups is 1. The third kappa shape index (κ3) is 5.61. The molecule has 1 saturated heterocycles. The van der Waals surface area contributed by atoms with Crippen molar-refractivity contribution in [1.29, 1.82) is 0 Å². The van der Waals surface area contributed by atoms with Crippen LogP contribution >= 0.6 is 0 Å². The Bertz CT molecular complexity index is 1020. The second-order valence-corrected chi connectivity index (χ2v) is 9.50. The minimum absolute atomic E-state index is 0.269. The normalized spacial score (nSPS) is 18.7. The number of ether oxygens (including phenoxy) is 5. The average molecular weight is 475 g/mol. The van der Waals surface area contributed by atoms with Crippen molar-refractivity contribution in [3.05, 3.63) is 29.1 Å². The van der Waals surface area contributed by atoms with Gasteiger partial charge in [-0.05, 0) is 33.8 Å². The molecular weight excluding hydrogens is 440 g/mol. The lowest BCUT2D eigenvalue weighted by Crippen LogP contribution is -2.49. The van der Waals surface area contributed by atoms with Crippen LogP contribution in [0.3, 0.4) is 0 Å². The predicted molar refractivity (Wildman–Crippen MR) is 124 cm³/mol. The lowest BCUT2D eigenvalue weighted by Gasteiger charge is -2.34. The SMILES string of the molecule is COc1ncc(-n2nc(OC[C@@H]3CN(C(=O)OC(C)(C)C)CCO3)c3c2CCOCC3)cc1C. The van der Waals surface area contributed by atoms with E-state index in [1.54, 1.807) is 18.2 Å². The van der Waals surface area contributed by atoms with Crippen LogP contribution < -0.4 is 9.47 Å². The highest BCUT2D eigenvalue weighted by Gasteiger charge is 2.29. The van der Waals surface area contributed by atoms with Crippen LogP contribution in [0.5, 0.6) is 11.8 Å². The van der Waals surface area contributed by atoms with Gasteiger partial charge in [-0.2, -0.15) is 0 Å². The van der Waals surface area contributed by atoms with E-state index in [1.165, 1.54) is 0 Å². The third-order valence-corrected chi connectivity index (χ3v) is 5.68. The van der Waals surface area contributed by atoms with Gasteiger partial charge >= 0.3 is 6.09 Å². The van der Waals surface area contributed by atoms with E-state index in [0.29, 0.717) is 51.1 Å². The summed E-state index contributed by atoms with van der Waals surface area (Å²) in [6, 6.07) is 2.00. The van der Waals surface area contributed by atoms with E-state index in [2.05, 4.69) is 4.98 Å². The van der Waals surface area contributed by atoms with E-state index >= 15 is 0 Å². The van der Waals surface area contributed by atoms with Crippen molar-refractivity contribution in [3.63, 3.8) is 0 Å². The fourth-order valence-corrected chi connectivity index (χ4v) is 4.11. The summed E-state index contributed by atoms with van der Waals surface area (Å²) in [4.78, 5) is 18.5. The molecule has 0 radical (unpaired) electrons. The van der Waals surface area contributed by atoms with Gasteiger partial charge in [0.05, 0.1) is 51.1 Å². The van der Waals surface area contributed by atoms with E-state index in [0.717, 1.165) is 28.9 Å². The largest absolute Gasteiger partial charge is 0.481 e. The number of carbonyl (C=O) groups excluding carboxylic acids is 1. The minimum Gasteiger partial charge on any atom is -0.481 e. The average Bonchev–Trinajstić information content (AvgIpc) is 2.96. The van der Waals surface area contributed by atoms with E-state index in [9.17, 15) is 4.79 Å². The Labute approximate surface area is 200 Å². The molecule has 1 atom stereocenters. The third-order valence-electron chi connectivity index (χ3n) is 5.68. The first kappa shape index (κ1) is 24.3. The highest BCUT2D eigenvalue weighted by atomic mass is 16.6.